The summed E-state index contributed by atoms with van der Waals surface area (Å²) in [5.74, 6) is -0.0779. The largest absolute Gasteiger partial charge is 0.321 e. The van der Waals surface area contributed by atoms with E-state index in [1.807, 2.05) is 37.3 Å². The van der Waals surface area contributed by atoms with Gasteiger partial charge in [0.2, 0.25) is 0 Å². The average molecular weight is 284 g/mol. The molecule has 2 aromatic rings. The first-order valence-corrected chi connectivity index (χ1v) is 7.32. The Morgan fingerprint density at radius 1 is 1.35 bits per heavy atom. The lowest BCUT2D eigenvalue weighted by Crippen LogP contribution is -2.10. The van der Waals surface area contributed by atoms with E-state index >= 15 is 0 Å². The van der Waals surface area contributed by atoms with E-state index < -0.39 is 0 Å². The van der Waals surface area contributed by atoms with Gasteiger partial charge in [0, 0.05) is 10.6 Å². The zero-order valence-corrected chi connectivity index (χ0v) is 12.4. The standard InChI is InChI=1S/C16H16N2OS/c1-3-13-10-15(20-11(13)2)16(19)18-14-6-4-12(5-7-14)8-9-17/h4-7,10H,3,8H2,1-2H3,(H,18,19). The molecule has 2 rings (SSSR count). The number of nitriles is 1. The molecule has 3 nitrogen and oxygen atoms in total. The van der Waals surface area contributed by atoms with Gasteiger partial charge in [0.15, 0.2) is 0 Å². The summed E-state index contributed by atoms with van der Waals surface area (Å²) in [6.45, 7) is 4.13. The quantitative estimate of drug-likeness (QED) is 0.924. The average Bonchev–Trinajstić information content (AvgIpc) is 2.82. The first-order chi connectivity index (χ1) is 9.63. The first-order valence-electron chi connectivity index (χ1n) is 6.50. The monoisotopic (exact) mass is 284 g/mol. The van der Waals surface area contributed by atoms with Crippen molar-refractivity contribution in [2.24, 2.45) is 0 Å². The van der Waals surface area contributed by atoms with Crippen molar-refractivity contribution in [2.75, 3.05) is 5.32 Å². The minimum atomic E-state index is -0.0779. The van der Waals surface area contributed by atoms with Gasteiger partial charge in [-0.25, -0.2) is 0 Å². The Labute approximate surface area is 122 Å². The van der Waals surface area contributed by atoms with Gasteiger partial charge in [-0.15, -0.1) is 11.3 Å². The molecule has 0 bridgehead atoms. The summed E-state index contributed by atoms with van der Waals surface area (Å²) in [5.41, 5.74) is 2.93. The normalized spacial score (nSPS) is 10.1. The number of hydrogen-bond acceptors (Lipinski definition) is 3. The summed E-state index contributed by atoms with van der Waals surface area (Å²) in [7, 11) is 0. The summed E-state index contributed by atoms with van der Waals surface area (Å²) in [5, 5.41) is 11.5. The Kier molecular flexibility index (Phi) is 4.54. The Morgan fingerprint density at radius 2 is 2.05 bits per heavy atom. The van der Waals surface area contributed by atoms with Crippen molar-refractivity contribution in [1.29, 1.82) is 5.26 Å². The fourth-order valence-electron chi connectivity index (χ4n) is 1.97. The van der Waals surface area contributed by atoms with Gasteiger partial charge in [0.1, 0.15) is 0 Å². The van der Waals surface area contributed by atoms with Crippen molar-refractivity contribution in [3.8, 4) is 6.07 Å². The second kappa shape index (κ2) is 6.36. The number of amides is 1. The maximum atomic E-state index is 12.2. The molecule has 0 radical (unpaired) electrons. The molecular formula is C16H16N2OS. The number of carbonyl (C=O) groups excluding carboxylic acids is 1. The Hall–Kier alpha value is -2.12. The highest BCUT2D eigenvalue weighted by molar-refractivity contribution is 7.14. The summed E-state index contributed by atoms with van der Waals surface area (Å²) in [6.07, 6.45) is 1.33. The van der Waals surface area contributed by atoms with E-state index in [0.29, 0.717) is 6.42 Å². The van der Waals surface area contributed by atoms with Crippen LogP contribution in [-0.4, -0.2) is 5.91 Å². The summed E-state index contributed by atoms with van der Waals surface area (Å²) in [4.78, 5) is 14.1. The predicted octanol–water partition coefficient (Wildman–Crippen LogP) is 3.94. The van der Waals surface area contributed by atoms with E-state index in [2.05, 4.69) is 18.3 Å². The fourth-order valence-corrected chi connectivity index (χ4v) is 2.98. The number of anilines is 1. The highest BCUT2D eigenvalue weighted by Crippen LogP contribution is 2.23. The van der Waals surface area contributed by atoms with Crippen LogP contribution in [0.4, 0.5) is 5.69 Å². The molecule has 0 spiro atoms. The third-order valence-electron chi connectivity index (χ3n) is 3.12. The Morgan fingerprint density at radius 3 is 2.60 bits per heavy atom. The molecule has 4 heteroatoms. The molecule has 1 aromatic carbocycles. The molecule has 1 heterocycles. The van der Waals surface area contributed by atoms with Crippen molar-refractivity contribution < 1.29 is 4.79 Å². The number of aryl methyl sites for hydroxylation is 2. The van der Waals surface area contributed by atoms with Gasteiger partial charge < -0.3 is 5.32 Å². The topological polar surface area (TPSA) is 52.9 Å². The molecule has 0 fully saturated rings. The number of nitrogens with one attached hydrogen (secondary N) is 1. The van der Waals surface area contributed by atoms with Crippen LogP contribution in [0.5, 0.6) is 0 Å². The van der Waals surface area contributed by atoms with Crippen LogP contribution in [0.25, 0.3) is 0 Å². The molecular weight excluding hydrogens is 268 g/mol. The van der Waals surface area contributed by atoms with Gasteiger partial charge in [-0.2, -0.15) is 5.26 Å². The van der Waals surface area contributed by atoms with Crippen LogP contribution in [0, 0.1) is 18.3 Å². The lowest BCUT2D eigenvalue weighted by atomic mass is 10.1. The van der Waals surface area contributed by atoms with Gasteiger partial charge in [0.05, 0.1) is 17.4 Å². The molecule has 0 aliphatic heterocycles. The number of hydrogen-bond donors (Lipinski definition) is 1. The van der Waals surface area contributed by atoms with Crippen molar-refractivity contribution in [1.82, 2.24) is 0 Å². The van der Waals surface area contributed by atoms with E-state index in [-0.39, 0.29) is 5.91 Å². The number of rotatable bonds is 4. The van der Waals surface area contributed by atoms with Gasteiger partial charge in [0.25, 0.3) is 5.91 Å². The van der Waals surface area contributed by atoms with E-state index in [1.165, 1.54) is 21.8 Å². The molecule has 102 valence electrons. The minimum Gasteiger partial charge on any atom is -0.321 e. The van der Waals surface area contributed by atoms with Crippen molar-refractivity contribution >= 4 is 22.9 Å². The predicted molar refractivity (Wildman–Crippen MR) is 82.1 cm³/mol. The van der Waals surface area contributed by atoms with Crippen LogP contribution < -0.4 is 5.32 Å². The lowest BCUT2D eigenvalue weighted by Gasteiger charge is -2.04. The molecule has 0 aliphatic rings. The SMILES string of the molecule is CCc1cc(C(=O)Nc2ccc(CC#N)cc2)sc1C. The van der Waals surface area contributed by atoms with Crippen LogP contribution in [0.3, 0.4) is 0 Å². The zero-order chi connectivity index (χ0) is 14.5. The Balaban J connectivity index is 2.09. The molecule has 1 N–H and O–H groups in total. The number of nitrogens with zero attached hydrogens (tertiary/aromatic N) is 1. The fraction of sp³-hybridized carbons (Fsp3) is 0.250. The maximum absolute atomic E-state index is 12.2. The van der Waals surface area contributed by atoms with Gasteiger partial charge >= 0.3 is 0 Å². The highest BCUT2D eigenvalue weighted by atomic mass is 32.1. The molecule has 1 amide bonds. The molecule has 1 aromatic heterocycles. The van der Waals surface area contributed by atoms with Gasteiger partial charge in [-0.05, 0) is 42.7 Å². The van der Waals surface area contributed by atoms with Crippen LogP contribution >= 0.6 is 11.3 Å². The van der Waals surface area contributed by atoms with Gasteiger partial charge in [-0.3, -0.25) is 4.79 Å². The van der Waals surface area contributed by atoms with Crippen molar-refractivity contribution in [3.63, 3.8) is 0 Å². The molecule has 0 saturated carbocycles. The van der Waals surface area contributed by atoms with E-state index in [1.54, 1.807) is 0 Å². The summed E-state index contributed by atoms with van der Waals surface area (Å²) in [6, 6.07) is 11.4. The van der Waals surface area contributed by atoms with E-state index in [9.17, 15) is 4.79 Å². The first kappa shape index (κ1) is 14.3. The smallest absolute Gasteiger partial charge is 0.265 e. The highest BCUT2D eigenvalue weighted by Gasteiger charge is 2.11. The minimum absolute atomic E-state index is 0.0779. The number of thiophene rings is 1. The van der Waals surface area contributed by atoms with E-state index in [4.69, 9.17) is 5.26 Å². The van der Waals surface area contributed by atoms with Crippen molar-refractivity contribution in [3.05, 3.63) is 51.2 Å². The van der Waals surface area contributed by atoms with Crippen LogP contribution in [0.15, 0.2) is 30.3 Å². The second-order valence-corrected chi connectivity index (χ2v) is 5.79. The molecule has 20 heavy (non-hydrogen) atoms. The third kappa shape index (κ3) is 3.25. The molecule has 0 atom stereocenters. The van der Waals surface area contributed by atoms with E-state index in [0.717, 1.165) is 22.5 Å². The summed E-state index contributed by atoms with van der Waals surface area (Å²) < 4.78 is 0. The van der Waals surface area contributed by atoms with Crippen LogP contribution in [-0.2, 0) is 12.8 Å². The van der Waals surface area contributed by atoms with Crippen LogP contribution in [0.1, 0.15) is 32.6 Å². The van der Waals surface area contributed by atoms with Crippen LogP contribution in [0.2, 0.25) is 0 Å². The number of carbonyl (C=O) groups is 1. The van der Waals surface area contributed by atoms with Gasteiger partial charge in [-0.1, -0.05) is 19.1 Å². The Bertz CT molecular complexity index is 650. The zero-order valence-electron chi connectivity index (χ0n) is 11.6. The number of benzene rings is 1. The molecule has 0 aliphatic carbocycles. The maximum Gasteiger partial charge on any atom is 0.265 e. The lowest BCUT2D eigenvalue weighted by molar-refractivity contribution is 0.103. The summed E-state index contributed by atoms with van der Waals surface area (Å²) >= 11 is 1.52. The third-order valence-corrected chi connectivity index (χ3v) is 4.21. The molecule has 0 unspecified atom stereocenters. The van der Waals surface area contributed by atoms with Crippen molar-refractivity contribution in [2.45, 2.75) is 26.7 Å². The molecule has 0 saturated heterocycles. The second-order valence-electron chi connectivity index (χ2n) is 4.53.